The minimum atomic E-state index is -0.195. The Morgan fingerprint density at radius 3 is 3.04 bits per heavy atom. The van der Waals surface area contributed by atoms with Gasteiger partial charge >= 0.3 is 0 Å². The van der Waals surface area contributed by atoms with Crippen LogP contribution in [0.15, 0.2) is 51.5 Å². The van der Waals surface area contributed by atoms with E-state index in [9.17, 15) is 4.79 Å². The van der Waals surface area contributed by atoms with Crippen LogP contribution in [0.4, 0.5) is 6.01 Å². The number of rotatable bonds is 4. The molecule has 0 aliphatic carbocycles. The van der Waals surface area contributed by atoms with E-state index >= 15 is 0 Å². The van der Waals surface area contributed by atoms with E-state index < -0.39 is 0 Å². The molecule has 118 valence electrons. The maximum absolute atomic E-state index is 12.0. The number of furan rings is 1. The maximum atomic E-state index is 12.0. The predicted molar refractivity (Wildman–Crippen MR) is 85.4 cm³/mol. The average molecular weight is 311 g/mol. The summed E-state index contributed by atoms with van der Waals surface area (Å²) in [6.07, 6.45) is 3.55. The van der Waals surface area contributed by atoms with E-state index in [1.165, 1.54) is 6.26 Å². The molecule has 3 heterocycles. The summed E-state index contributed by atoms with van der Waals surface area (Å²) < 4.78 is 11.0. The average Bonchev–Trinajstić information content (AvgIpc) is 3.31. The molecule has 23 heavy (non-hydrogen) atoms. The molecule has 0 radical (unpaired) electrons. The van der Waals surface area contributed by atoms with Crippen molar-refractivity contribution in [2.45, 2.75) is 18.9 Å². The van der Waals surface area contributed by atoms with Gasteiger partial charge in [-0.15, -0.1) is 0 Å². The predicted octanol–water partition coefficient (Wildman–Crippen LogP) is 2.82. The quantitative estimate of drug-likeness (QED) is 0.802. The van der Waals surface area contributed by atoms with Crippen molar-refractivity contribution in [1.82, 2.24) is 10.3 Å². The molecule has 1 atom stereocenters. The molecular weight excluding hydrogens is 294 g/mol. The Labute approximate surface area is 133 Å². The number of benzene rings is 1. The van der Waals surface area contributed by atoms with Crippen LogP contribution in [0.3, 0.4) is 0 Å². The van der Waals surface area contributed by atoms with Crippen molar-refractivity contribution in [3.05, 3.63) is 48.4 Å². The number of para-hydroxylation sites is 2. The molecule has 1 aromatic carbocycles. The first kappa shape index (κ1) is 13.9. The van der Waals surface area contributed by atoms with Gasteiger partial charge in [0.2, 0.25) is 0 Å². The molecule has 3 aromatic rings. The normalized spacial score (nSPS) is 17.7. The lowest BCUT2D eigenvalue weighted by Crippen LogP contribution is -2.40. The Bertz CT molecular complexity index is 776. The second-order valence-corrected chi connectivity index (χ2v) is 5.64. The molecule has 6 nitrogen and oxygen atoms in total. The zero-order chi connectivity index (χ0) is 15.6. The molecule has 2 aromatic heterocycles. The van der Waals surface area contributed by atoms with Crippen LogP contribution in [0.2, 0.25) is 0 Å². The van der Waals surface area contributed by atoms with Gasteiger partial charge < -0.3 is 19.1 Å². The van der Waals surface area contributed by atoms with Crippen LogP contribution in [-0.4, -0.2) is 30.0 Å². The lowest BCUT2D eigenvalue weighted by molar-refractivity contribution is 0.0923. The molecule has 1 unspecified atom stereocenters. The van der Waals surface area contributed by atoms with Gasteiger partial charge in [0.1, 0.15) is 5.52 Å². The Morgan fingerprint density at radius 1 is 1.30 bits per heavy atom. The molecule has 0 spiro atoms. The fourth-order valence-corrected chi connectivity index (χ4v) is 2.99. The highest BCUT2D eigenvalue weighted by molar-refractivity contribution is 5.91. The van der Waals surface area contributed by atoms with E-state index in [2.05, 4.69) is 15.2 Å². The third-order valence-corrected chi connectivity index (χ3v) is 4.15. The van der Waals surface area contributed by atoms with Crippen molar-refractivity contribution in [2.75, 3.05) is 18.0 Å². The Kier molecular flexibility index (Phi) is 3.49. The Morgan fingerprint density at radius 2 is 2.22 bits per heavy atom. The van der Waals surface area contributed by atoms with Gasteiger partial charge in [0.05, 0.1) is 12.3 Å². The van der Waals surface area contributed by atoms with E-state index in [1.54, 1.807) is 12.1 Å². The van der Waals surface area contributed by atoms with Crippen LogP contribution in [0.1, 0.15) is 23.4 Å². The van der Waals surface area contributed by atoms with Gasteiger partial charge in [-0.1, -0.05) is 12.1 Å². The van der Waals surface area contributed by atoms with E-state index in [1.807, 2.05) is 24.3 Å². The monoisotopic (exact) mass is 311 g/mol. The summed E-state index contributed by atoms with van der Waals surface area (Å²) in [6.45, 7) is 1.42. The van der Waals surface area contributed by atoms with Gasteiger partial charge in [-0.05, 0) is 37.1 Å². The summed E-state index contributed by atoms with van der Waals surface area (Å²) in [4.78, 5) is 18.7. The van der Waals surface area contributed by atoms with Crippen LogP contribution in [0.5, 0.6) is 0 Å². The molecule has 0 saturated carbocycles. The molecule has 1 N–H and O–H groups in total. The smallest absolute Gasteiger partial charge is 0.298 e. The van der Waals surface area contributed by atoms with Gasteiger partial charge in [-0.3, -0.25) is 4.79 Å². The molecule has 6 heteroatoms. The van der Waals surface area contributed by atoms with Gasteiger partial charge in [-0.2, -0.15) is 4.98 Å². The van der Waals surface area contributed by atoms with Crippen LogP contribution >= 0.6 is 0 Å². The summed E-state index contributed by atoms with van der Waals surface area (Å²) >= 11 is 0. The molecule has 1 saturated heterocycles. The van der Waals surface area contributed by atoms with E-state index in [0.29, 0.717) is 18.3 Å². The van der Waals surface area contributed by atoms with Crippen LogP contribution in [0.25, 0.3) is 11.1 Å². The third-order valence-electron chi connectivity index (χ3n) is 4.15. The lowest BCUT2D eigenvalue weighted by Gasteiger charge is -2.22. The molecule has 1 amide bonds. The van der Waals surface area contributed by atoms with Crippen molar-refractivity contribution in [2.24, 2.45) is 0 Å². The summed E-state index contributed by atoms with van der Waals surface area (Å²) in [5.41, 5.74) is 1.64. The van der Waals surface area contributed by atoms with E-state index in [0.717, 1.165) is 30.5 Å². The molecule has 1 fully saturated rings. The minimum Gasteiger partial charge on any atom is -0.459 e. The Balaban J connectivity index is 1.47. The highest BCUT2D eigenvalue weighted by atomic mass is 16.4. The minimum absolute atomic E-state index is 0.182. The maximum Gasteiger partial charge on any atom is 0.298 e. The van der Waals surface area contributed by atoms with Crippen molar-refractivity contribution in [1.29, 1.82) is 0 Å². The van der Waals surface area contributed by atoms with Gasteiger partial charge in [0.15, 0.2) is 11.3 Å². The van der Waals surface area contributed by atoms with Gasteiger partial charge in [0, 0.05) is 13.1 Å². The highest BCUT2D eigenvalue weighted by Crippen LogP contribution is 2.28. The largest absolute Gasteiger partial charge is 0.459 e. The zero-order valence-corrected chi connectivity index (χ0v) is 12.6. The number of carbonyl (C=O) groups is 1. The number of oxazole rings is 1. The van der Waals surface area contributed by atoms with Crippen LogP contribution in [-0.2, 0) is 0 Å². The first-order valence-electron chi connectivity index (χ1n) is 7.75. The summed E-state index contributed by atoms with van der Waals surface area (Å²) in [5, 5.41) is 2.92. The number of hydrogen-bond acceptors (Lipinski definition) is 5. The zero-order valence-electron chi connectivity index (χ0n) is 12.6. The second-order valence-electron chi connectivity index (χ2n) is 5.64. The summed E-state index contributed by atoms with van der Waals surface area (Å²) in [5.74, 6) is 0.135. The number of amides is 1. The van der Waals surface area contributed by atoms with Crippen LogP contribution < -0.4 is 10.2 Å². The van der Waals surface area contributed by atoms with Gasteiger partial charge in [-0.25, -0.2) is 0 Å². The van der Waals surface area contributed by atoms with Crippen molar-refractivity contribution < 1.29 is 13.6 Å². The first-order valence-corrected chi connectivity index (χ1v) is 7.75. The third kappa shape index (κ3) is 2.67. The van der Waals surface area contributed by atoms with E-state index in [-0.39, 0.29) is 11.9 Å². The topological polar surface area (TPSA) is 71.5 Å². The molecule has 1 aliphatic rings. The SMILES string of the molecule is O=C(NCC1CCCN1c1nc2ccccc2o1)c1ccco1. The first-order chi connectivity index (χ1) is 11.3. The van der Waals surface area contributed by atoms with Crippen molar-refractivity contribution in [3.8, 4) is 0 Å². The highest BCUT2D eigenvalue weighted by Gasteiger charge is 2.28. The molecule has 4 rings (SSSR count). The van der Waals surface area contributed by atoms with Crippen LogP contribution in [0, 0.1) is 0 Å². The lowest BCUT2D eigenvalue weighted by atomic mass is 10.2. The molecule has 1 aliphatic heterocycles. The second kappa shape index (κ2) is 5.79. The Hall–Kier alpha value is -2.76. The number of hydrogen-bond donors (Lipinski definition) is 1. The van der Waals surface area contributed by atoms with E-state index in [4.69, 9.17) is 8.83 Å². The fraction of sp³-hybridized carbons (Fsp3) is 0.294. The standard InChI is InChI=1S/C17H17N3O3/c21-16(15-8-4-10-22-15)18-11-12-5-3-9-20(12)17-19-13-6-1-2-7-14(13)23-17/h1-2,4,6-8,10,12H,3,5,9,11H2,(H,18,21). The van der Waals surface area contributed by atoms with Crippen molar-refractivity contribution >= 4 is 23.0 Å². The molecule has 0 bridgehead atoms. The number of nitrogens with zero attached hydrogens (tertiary/aromatic N) is 2. The number of aromatic nitrogens is 1. The number of nitrogens with one attached hydrogen (secondary N) is 1. The van der Waals surface area contributed by atoms with Gasteiger partial charge in [0.25, 0.3) is 11.9 Å². The summed E-state index contributed by atoms with van der Waals surface area (Å²) in [6, 6.07) is 11.9. The van der Waals surface area contributed by atoms with Crippen molar-refractivity contribution in [3.63, 3.8) is 0 Å². The number of fused-ring (bicyclic) bond motifs is 1. The number of anilines is 1. The molecular formula is C17H17N3O3. The fourth-order valence-electron chi connectivity index (χ4n) is 2.99. The summed E-state index contributed by atoms with van der Waals surface area (Å²) in [7, 11) is 0. The number of carbonyl (C=O) groups excluding carboxylic acids is 1.